The van der Waals surface area contributed by atoms with Crippen molar-refractivity contribution in [3.63, 3.8) is 0 Å². The van der Waals surface area contributed by atoms with Crippen LogP contribution in [0.1, 0.15) is 44.2 Å². The Bertz CT molecular complexity index is 486. The van der Waals surface area contributed by atoms with E-state index < -0.39 is 10.0 Å². The Labute approximate surface area is 129 Å². The minimum Gasteiger partial charge on any atom is -0.309 e. The van der Waals surface area contributed by atoms with E-state index in [9.17, 15) is 8.42 Å². The number of benzene rings is 1. The molecule has 0 aliphatic rings. The molecule has 1 unspecified atom stereocenters. The number of rotatable bonds is 10. The molecule has 1 aromatic carbocycles. The topological polar surface area (TPSA) is 49.4 Å². The normalized spacial score (nSPS) is 13.5. The van der Waals surface area contributed by atoms with Crippen LogP contribution in [0.2, 0.25) is 0 Å². The maximum atomic E-state index is 11.8. The highest BCUT2D eigenvalue weighted by molar-refractivity contribution is 7.89. The fourth-order valence-corrected chi connectivity index (χ4v) is 2.96. The highest BCUT2D eigenvalue weighted by atomic mass is 32.2. The second-order valence-electron chi connectivity index (χ2n) is 5.51. The third-order valence-electron chi connectivity index (χ3n) is 3.61. The van der Waals surface area contributed by atoms with E-state index in [1.54, 1.807) is 14.1 Å². The molecule has 1 aromatic rings. The highest BCUT2D eigenvalue weighted by Gasteiger charge is 2.15. The van der Waals surface area contributed by atoms with Crippen LogP contribution in [0.25, 0.3) is 0 Å². The monoisotopic (exact) mass is 312 g/mol. The van der Waals surface area contributed by atoms with E-state index in [0.29, 0.717) is 6.54 Å². The maximum absolute atomic E-state index is 11.8. The summed E-state index contributed by atoms with van der Waals surface area (Å²) in [6.45, 7) is 2.67. The van der Waals surface area contributed by atoms with Crippen molar-refractivity contribution in [2.75, 3.05) is 26.4 Å². The quantitative estimate of drug-likeness (QED) is 0.676. The molecule has 0 bridgehead atoms. The fraction of sp³-hybridized carbons (Fsp3) is 0.625. The summed E-state index contributed by atoms with van der Waals surface area (Å²) in [5, 5.41) is 3.40. The van der Waals surface area contributed by atoms with Crippen molar-refractivity contribution >= 4 is 10.0 Å². The highest BCUT2D eigenvalue weighted by Crippen LogP contribution is 2.19. The first-order valence-electron chi connectivity index (χ1n) is 7.66. The van der Waals surface area contributed by atoms with Gasteiger partial charge in [-0.2, -0.15) is 0 Å². The number of nitrogens with one attached hydrogen (secondary N) is 1. The molecule has 0 fully saturated rings. The van der Waals surface area contributed by atoms with E-state index in [-0.39, 0.29) is 11.8 Å². The standard InChI is InChI=1S/C16H28N2O2S/c1-4-5-7-12-16(15-10-8-6-9-11-15)17-13-14-21(19,20)18(2)3/h6,8-11,16-17H,4-5,7,12-14H2,1-3H3. The minimum atomic E-state index is -3.13. The van der Waals surface area contributed by atoms with Crippen LogP contribution in [0.3, 0.4) is 0 Å². The zero-order valence-electron chi connectivity index (χ0n) is 13.4. The van der Waals surface area contributed by atoms with Crippen LogP contribution in [0, 0.1) is 0 Å². The van der Waals surface area contributed by atoms with Crippen LogP contribution in [0.15, 0.2) is 30.3 Å². The van der Waals surface area contributed by atoms with Gasteiger partial charge in [-0.05, 0) is 12.0 Å². The van der Waals surface area contributed by atoms with Crippen LogP contribution in [-0.2, 0) is 10.0 Å². The van der Waals surface area contributed by atoms with E-state index in [1.165, 1.54) is 22.7 Å². The maximum Gasteiger partial charge on any atom is 0.214 e. The second kappa shape index (κ2) is 9.18. The van der Waals surface area contributed by atoms with Gasteiger partial charge in [0.05, 0.1) is 5.75 Å². The third-order valence-corrected chi connectivity index (χ3v) is 5.44. The van der Waals surface area contributed by atoms with Gasteiger partial charge < -0.3 is 5.32 Å². The van der Waals surface area contributed by atoms with Gasteiger partial charge in [0.25, 0.3) is 0 Å². The molecule has 0 radical (unpaired) electrons. The lowest BCUT2D eigenvalue weighted by Crippen LogP contribution is -2.33. The van der Waals surface area contributed by atoms with E-state index in [1.807, 2.05) is 18.2 Å². The zero-order valence-corrected chi connectivity index (χ0v) is 14.2. The van der Waals surface area contributed by atoms with Crippen LogP contribution in [-0.4, -0.2) is 39.1 Å². The van der Waals surface area contributed by atoms with Gasteiger partial charge in [-0.15, -0.1) is 0 Å². The van der Waals surface area contributed by atoms with Crippen molar-refractivity contribution in [1.29, 1.82) is 0 Å². The molecule has 0 spiro atoms. The Balaban J connectivity index is 2.58. The van der Waals surface area contributed by atoms with Gasteiger partial charge in [-0.1, -0.05) is 56.5 Å². The molecule has 120 valence electrons. The summed E-state index contributed by atoms with van der Waals surface area (Å²) in [5.74, 6) is 0.136. The van der Waals surface area contributed by atoms with Crippen molar-refractivity contribution in [3.8, 4) is 0 Å². The molecule has 21 heavy (non-hydrogen) atoms. The van der Waals surface area contributed by atoms with E-state index in [2.05, 4.69) is 24.4 Å². The van der Waals surface area contributed by atoms with Gasteiger partial charge in [0.1, 0.15) is 0 Å². The summed E-state index contributed by atoms with van der Waals surface area (Å²) in [6.07, 6.45) is 4.60. The first-order chi connectivity index (χ1) is 9.97. The Hall–Kier alpha value is -0.910. The predicted molar refractivity (Wildman–Crippen MR) is 88.8 cm³/mol. The van der Waals surface area contributed by atoms with Crippen molar-refractivity contribution in [2.45, 2.75) is 38.6 Å². The van der Waals surface area contributed by atoms with Gasteiger partial charge in [-0.3, -0.25) is 0 Å². The van der Waals surface area contributed by atoms with Gasteiger partial charge >= 0.3 is 0 Å². The van der Waals surface area contributed by atoms with Crippen molar-refractivity contribution in [2.24, 2.45) is 0 Å². The lowest BCUT2D eigenvalue weighted by atomic mass is 10.0. The number of hydrogen-bond acceptors (Lipinski definition) is 3. The van der Waals surface area contributed by atoms with Gasteiger partial charge in [0.15, 0.2) is 0 Å². The molecule has 0 saturated carbocycles. The molecular formula is C16H28N2O2S. The zero-order chi connectivity index (χ0) is 15.7. The van der Waals surface area contributed by atoms with Crippen LogP contribution in [0.5, 0.6) is 0 Å². The SMILES string of the molecule is CCCCCC(NCCS(=O)(=O)N(C)C)c1ccccc1. The number of nitrogens with zero attached hydrogens (tertiary/aromatic N) is 1. The number of unbranched alkanes of at least 4 members (excludes halogenated alkanes) is 2. The Kier molecular flexibility index (Phi) is 7.93. The summed E-state index contributed by atoms with van der Waals surface area (Å²) in [5.41, 5.74) is 1.23. The second-order valence-corrected chi connectivity index (χ2v) is 7.81. The lowest BCUT2D eigenvalue weighted by molar-refractivity contribution is 0.477. The number of sulfonamides is 1. The van der Waals surface area contributed by atoms with Gasteiger partial charge in [0, 0.05) is 26.7 Å². The molecular weight excluding hydrogens is 284 g/mol. The first-order valence-corrected chi connectivity index (χ1v) is 9.27. The molecule has 0 aromatic heterocycles. The summed E-state index contributed by atoms with van der Waals surface area (Å²) in [4.78, 5) is 0. The van der Waals surface area contributed by atoms with Crippen LogP contribution < -0.4 is 5.32 Å². The smallest absolute Gasteiger partial charge is 0.214 e. The molecule has 1 N–H and O–H groups in total. The molecule has 0 amide bonds. The summed E-state index contributed by atoms with van der Waals surface area (Å²) >= 11 is 0. The van der Waals surface area contributed by atoms with Crippen LogP contribution >= 0.6 is 0 Å². The predicted octanol–water partition coefficient (Wildman–Crippen LogP) is 2.79. The summed E-state index contributed by atoms with van der Waals surface area (Å²) in [7, 11) is 0.0189. The van der Waals surface area contributed by atoms with Crippen molar-refractivity contribution in [1.82, 2.24) is 9.62 Å². The third kappa shape index (κ3) is 6.59. The first kappa shape index (κ1) is 18.1. The average Bonchev–Trinajstić information content (AvgIpc) is 2.46. The largest absolute Gasteiger partial charge is 0.309 e. The van der Waals surface area contributed by atoms with Crippen molar-refractivity contribution in [3.05, 3.63) is 35.9 Å². The summed E-state index contributed by atoms with van der Waals surface area (Å²) in [6, 6.07) is 10.5. The van der Waals surface area contributed by atoms with E-state index >= 15 is 0 Å². The molecule has 0 aliphatic heterocycles. The molecule has 0 saturated heterocycles. The minimum absolute atomic E-state index is 0.136. The molecule has 1 rings (SSSR count). The molecule has 4 nitrogen and oxygen atoms in total. The Morgan fingerprint density at radius 1 is 1.14 bits per heavy atom. The number of hydrogen-bond donors (Lipinski definition) is 1. The van der Waals surface area contributed by atoms with Crippen molar-refractivity contribution < 1.29 is 8.42 Å². The molecule has 0 heterocycles. The molecule has 0 aliphatic carbocycles. The fourth-order valence-electron chi connectivity index (χ4n) is 2.22. The van der Waals surface area contributed by atoms with Gasteiger partial charge in [0.2, 0.25) is 10.0 Å². The lowest BCUT2D eigenvalue weighted by Gasteiger charge is -2.20. The summed E-state index contributed by atoms with van der Waals surface area (Å²) < 4.78 is 24.9. The molecule has 5 heteroatoms. The van der Waals surface area contributed by atoms with E-state index in [4.69, 9.17) is 0 Å². The van der Waals surface area contributed by atoms with Gasteiger partial charge in [-0.25, -0.2) is 12.7 Å². The Morgan fingerprint density at radius 3 is 2.38 bits per heavy atom. The van der Waals surface area contributed by atoms with E-state index in [0.717, 1.165) is 12.8 Å². The molecule has 1 atom stereocenters. The van der Waals surface area contributed by atoms with Crippen LogP contribution in [0.4, 0.5) is 0 Å². The average molecular weight is 312 g/mol. The Morgan fingerprint density at radius 2 is 1.81 bits per heavy atom.